The summed E-state index contributed by atoms with van der Waals surface area (Å²) in [5, 5.41) is 1.08. The van der Waals surface area contributed by atoms with Crippen molar-refractivity contribution >= 4 is 78.0 Å². The fraction of sp³-hybridized carbons (Fsp3) is 0.356. The molecule has 0 amide bonds. The zero-order chi connectivity index (χ0) is 48.3. The average Bonchev–Trinajstić information content (AvgIpc) is 3.62. The van der Waals surface area contributed by atoms with E-state index in [0.717, 1.165) is 55.2 Å². The Hall–Kier alpha value is -5.06. The van der Waals surface area contributed by atoms with Crippen LogP contribution in [0.3, 0.4) is 0 Å². The highest BCUT2D eigenvalue weighted by molar-refractivity contribution is 7.33. The standard InChI is InChI=1S/C59H65BN2S/c1-36-30-49-52-50(31-36)62(47-26-22-39(56(5,6)7)32-42(47)37-18-16-15-17-19-37)48-27-23-40(57(8,9)10)33-46(48)60(52)54-53(61(49)41-24-20-38(21-25-41)55(2,3)4)43-34-44-45(35-51(43)63-54)59(13,14)29-28-58(44,11)12/h15-27,30-35H,28-29H2,1-14H3/i28D2,29D2. The van der Waals surface area contributed by atoms with Gasteiger partial charge in [-0.1, -0.05) is 151 Å². The SMILES string of the molecule is [2H]C1([2H])C(C)(C)c2cc3sc4c(c3cc2C(C)(C)C1([2H])[2H])N(c1ccc(C(C)(C)C)cc1)c1cc(C)cc2c1B4c1cc(C(C)(C)C)ccc1N2c1ccc(C(C)(C)C)cc1-c1ccccc1. The molecule has 0 fully saturated rings. The van der Waals surface area contributed by atoms with Gasteiger partial charge in [0.1, 0.15) is 0 Å². The molecule has 0 saturated heterocycles. The molecule has 2 aliphatic heterocycles. The number of benzene rings is 6. The predicted octanol–water partition coefficient (Wildman–Crippen LogP) is 15.2. The Kier molecular flexibility index (Phi) is 8.28. The van der Waals surface area contributed by atoms with Crippen molar-refractivity contribution in [2.45, 2.75) is 137 Å². The Balaban J connectivity index is 1.34. The molecule has 320 valence electrons. The minimum absolute atomic E-state index is 0.0242. The largest absolute Gasteiger partial charge is 0.311 e. The Morgan fingerprint density at radius 2 is 1.11 bits per heavy atom. The van der Waals surface area contributed by atoms with Crippen LogP contribution < -0.4 is 25.5 Å². The maximum absolute atomic E-state index is 9.47. The fourth-order valence-electron chi connectivity index (χ4n) is 10.3. The van der Waals surface area contributed by atoms with E-state index in [1.807, 2.05) is 39.0 Å². The number of rotatable bonds is 3. The molecule has 63 heavy (non-hydrogen) atoms. The van der Waals surface area contributed by atoms with Crippen molar-refractivity contribution in [3.05, 3.63) is 149 Å². The second kappa shape index (κ2) is 14.0. The number of nitrogens with zero attached hydrogens (tertiary/aromatic N) is 2. The molecule has 0 bridgehead atoms. The van der Waals surface area contributed by atoms with Gasteiger partial charge in [0.05, 0.1) is 11.4 Å². The summed E-state index contributed by atoms with van der Waals surface area (Å²) in [7, 11) is 0. The maximum Gasteiger partial charge on any atom is 0.264 e. The Morgan fingerprint density at radius 1 is 0.571 bits per heavy atom. The molecule has 0 atom stereocenters. The molecule has 1 aliphatic carbocycles. The highest BCUT2D eigenvalue weighted by Gasteiger charge is 2.47. The third-order valence-electron chi connectivity index (χ3n) is 14.0. The molecule has 7 aromatic rings. The Bertz CT molecular complexity index is 3160. The van der Waals surface area contributed by atoms with Gasteiger partial charge in [-0.3, -0.25) is 0 Å². The average molecular weight is 849 g/mol. The van der Waals surface area contributed by atoms with Gasteiger partial charge < -0.3 is 9.80 Å². The maximum atomic E-state index is 9.47. The lowest BCUT2D eigenvalue weighted by atomic mass is 9.36. The van der Waals surface area contributed by atoms with Crippen molar-refractivity contribution in [2.75, 3.05) is 9.80 Å². The molecule has 0 unspecified atom stereocenters. The van der Waals surface area contributed by atoms with Crippen molar-refractivity contribution in [3.63, 3.8) is 0 Å². The van der Waals surface area contributed by atoms with Crippen LogP contribution in [0.15, 0.2) is 115 Å². The number of hydrogen-bond donors (Lipinski definition) is 0. The molecule has 10 rings (SSSR count). The summed E-state index contributed by atoms with van der Waals surface area (Å²) in [5.41, 5.74) is 16.1. The molecule has 0 spiro atoms. The highest BCUT2D eigenvalue weighted by Crippen LogP contribution is 2.53. The van der Waals surface area contributed by atoms with Gasteiger partial charge in [0.2, 0.25) is 0 Å². The van der Waals surface area contributed by atoms with Crippen LogP contribution in [0.5, 0.6) is 0 Å². The number of fused-ring (bicyclic) bond motifs is 7. The summed E-state index contributed by atoms with van der Waals surface area (Å²) in [4.78, 5) is 5.05. The summed E-state index contributed by atoms with van der Waals surface area (Å²) in [6.07, 6.45) is -4.26. The van der Waals surface area contributed by atoms with Gasteiger partial charge >= 0.3 is 0 Å². The van der Waals surface area contributed by atoms with E-state index in [4.69, 9.17) is 0 Å². The predicted molar refractivity (Wildman–Crippen MR) is 277 cm³/mol. The quantitative estimate of drug-likeness (QED) is 0.163. The van der Waals surface area contributed by atoms with E-state index < -0.39 is 23.6 Å². The summed E-state index contributed by atoms with van der Waals surface area (Å²) < 4.78 is 40.1. The van der Waals surface area contributed by atoms with E-state index in [-0.39, 0.29) is 23.0 Å². The number of anilines is 6. The van der Waals surface area contributed by atoms with Crippen molar-refractivity contribution in [1.29, 1.82) is 0 Å². The van der Waals surface area contributed by atoms with Gasteiger partial charge in [-0.05, 0) is 151 Å². The van der Waals surface area contributed by atoms with E-state index in [1.54, 1.807) is 0 Å². The first-order valence-corrected chi connectivity index (χ1v) is 23.7. The molecular formula is C59H65BN2S. The summed E-state index contributed by atoms with van der Waals surface area (Å²) in [6.45, 7) is 30.3. The van der Waals surface area contributed by atoms with E-state index >= 15 is 0 Å². The molecule has 3 aliphatic rings. The molecule has 1 aromatic heterocycles. The van der Waals surface area contributed by atoms with Crippen LogP contribution in [-0.4, -0.2) is 6.71 Å². The lowest BCUT2D eigenvalue weighted by Gasteiger charge is -2.44. The highest BCUT2D eigenvalue weighted by atomic mass is 32.1. The minimum Gasteiger partial charge on any atom is -0.311 e. The van der Waals surface area contributed by atoms with Gasteiger partial charge in [-0.2, -0.15) is 0 Å². The lowest BCUT2D eigenvalue weighted by molar-refractivity contribution is 0.332. The first kappa shape index (κ1) is 37.3. The Morgan fingerprint density at radius 3 is 1.71 bits per heavy atom. The number of hydrogen-bond acceptors (Lipinski definition) is 3. The van der Waals surface area contributed by atoms with Gasteiger partial charge in [-0.15, -0.1) is 11.3 Å². The molecule has 3 heterocycles. The van der Waals surface area contributed by atoms with Crippen LogP contribution in [0.25, 0.3) is 21.2 Å². The van der Waals surface area contributed by atoms with Crippen molar-refractivity contribution in [1.82, 2.24) is 0 Å². The molecule has 0 N–H and O–H groups in total. The van der Waals surface area contributed by atoms with Gasteiger partial charge in [0, 0.05) is 48.7 Å². The topological polar surface area (TPSA) is 6.48 Å². The molecule has 6 aromatic carbocycles. The molecule has 0 saturated carbocycles. The number of aryl methyl sites for hydroxylation is 1. The van der Waals surface area contributed by atoms with E-state index in [9.17, 15) is 5.48 Å². The summed E-state index contributed by atoms with van der Waals surface area (Å²) in [5.74, 6) is 0. The van der Waals surface area contributed by atoms with Crippen molar-refractivity contribution in [2.24, 2.45) is 0 Å². The van der Waals surface area contributed by atoms with Crippen LogP contribution >= 0.6 is 11.3 Å². The fourth-order valence-corrected chi connectivity index (χ4v) is 11.6. The zero-order valence-electron chi connectivity index (χ0n) is 43.8. The second-order valence-corrected chi connectivity index (χ2v) is 23.8. The van der Waals surface area contributed by atoms with Gasteiger partial charge in [0.25, 0.3) is 6.71 Å². The third-order valence-corrected chi connectivity index (χ3v) is 15.2. The number of thiophene rings is 1. The third kappa shape index (κ3) is 6.72. The van der Waals surface area contributed by atoms with E-state index in [0.29, 0.717) is 0 Å². The Labute approximate surface area is 388 Å². The normalized spacial score (nSPS) is 19.0. The minimum atomic E-state index is -2.14. The first-order valence-electron chi connectivity index (χ1n) is 24.9. The van der Waals surface area contributed by atoms with Gasteiger partial charge in [0.15, 0.2) is 0 Å². The smallest absolute Gasteiger partial charge is 0.264 e. The van der Waals surface area contributed by atoms with Crippen LogP contribution in [0.4, 0.5) is 34.1 Å². The van der Waals surface area contributed by atoms with Crippen molar-refractivity contribution < 1.29 is 5.48 Å². The van der Waals surface area contributed by atoms with Gasteiger partial charge in [-0.25, -0.2) is 0 Å². The second-order valence-electron chi connectivity index (χ2n) is 22.7. The zero-order valence-corrected chi connectivity index (χ0v) is 40.7. The van der Waals surface area contributed by atoms with E-state index in [2.05, 4.69) is 194 Å². The van der Waals surface area contributed by atoms with Crippen molar-refractivity contribution in [3.8, 4) is 11.1 Å². The lowest BCUT2D eigenvalue weighted by Crippen LogP contribution is -2.60. The first-order chi connectivity index (χ1) is 31.1. The molecule has 2 nitrogen and oxygen atoms in total. The summed E-state index contributed by atoms with van der Waals surface area (Å²) >= 11 is 1.82. The van der Waals surface area contributed by atoms with Crippen LogP contribution in [0.1, 0.15) is 142 Å². The van der Waals surface area contributed by atoms with Crippen LogP contribution in [0.2, 0.25) is 0 Å². The molecular weight excluding hydrogens is 780 g/mol. The van der Waals surface area contributed by atoms with Crippen LogP contribution in [0, 0.1) is 6.92 Å². The monoisotopic (exact) mass is 849 g/mol. The molecule has 0 radical (unpaired) electrons. The van der Waals surface area contributed by atoms with E-state index in [1.165, 1.54) is 49.2 Å². The van der Waals surface area contributed by atoms with Crippen LogP contribution in [-0.2, 0) is 27.1 Å². The summed E-state index contributed by atoms with van der Waals surface area (Å²) in [6, 6.07) is 43.5. The molecule has 4 heteroatoms.